The molecule has 0 saturated heterocycles. The second-order valence-electron chi connectivity index (χ2n) is 5.08. The van der Waals surface area contributed by atoms with Crippen molar-refractivity contribution in [2.45, 2.75) is 27.2 Å². The summed E-state index contributed by atoms with van der Waals surface area (Å²) < 4.78 is 0. The van der Waals surface area contributed by atoms with Crippen molar-refractivity contribution >= 4 is 23.0 Å². The fraction of sp³-hybridized carbons (Fsp3) is 0.467. The highest BCUT2D eigenvalue weighted by atomic mass is 16.2. The maximum atomic E-state index is 11.3. The molecule has 0 bridgehead atoms. The molecule has 0 spiro atoms. The van der Waals surface area contributed by atoms with Gasteiger partial charge < -0.3 is 10.6 Å². The van der Waals surface area contributed by atoms with Gasteiger partial charge in [-0.25, -0.2) is 5.43 Å². The summed E-state index contributed by atoms with van der Waals surface area (Å²) >= 11 is 0. The predicted molar refractivity (Wildman–Crippen MR) is 82.9 cm³/mol. The largest absolute Gasteiger partial charge is 0.397 e. The van der Waals surface area contributed by atoms with Crippen molar-refractivity contribution in [1.29, 1.82) is 0 Å². The summed E-state index contributed by atoms with van der Waals surface area (Å²) in [6, 6.07) is 6.00. The molecule has 0 aliphatic carbocycles. The van der Waals surface area contributed by atoms with Crippen LogP contribution >= 0.6 is 0 Å². The van der Waals surface area contributed by atoms with Crippen molar-refractivity contribution in [3.63, 3.8) is 0 Å². The van der Waals surface area contributed by atoms with Crippen molar-refractivity contribution in [3.05, 3.63) is 23.8 Å². The quantitative estimate of drug-likeness (QED) is 0.825. The summed E-state index contributed by atoms with van der Waals surface area (Å²) in [6.45, 7) is 8.08. The predicted octanol–water partition coefficient (Wildman–Crippen LogP) is 1.98. The Kier molecular flexibility index (Phi) is 4.27. The first kappa shape index (κ1) is 14.4. The molecular weight excluding hydrogens is 252 g/mol. The molecule has 1 unspecified atom stereocenters. The molecule has 0 aromatic heterocycles. The molecule has 108 valence electrons. The number of benzene rings is 1. The number of carbonyl (C=O) groups is 1. The smallest absolute Gasteiger partial charge is 0.240 e. The monoisotopic (exact) mass is 274 g/mol. The molecule has 1 atom stereocenters. The average Bonchev–Trinajstić information content (AvgIpc) is 2.42. The van der Waals surface area contributed by atoms with Crippen molar-refractivity contribution in [3.8, 4) is 0 Å². The Balaban J connectivity index is 2.32. The van der Waals surface area contributed by atoms with Crippen LogP contribution < -0.4 is 16.1 Å². The zero-order valence-electron chi connectivity index (χ0n) is 12.3. The third-order valence-corrected chi connectivity index (χ3v) is 3.69. The van der Waals surface area contributed by atoms with E-state index in [0.717, 1.165) is 35.7 Å². The number of hydrazone groups is 1. The van der Waals surface area contributed by atoms with Crippen LogP contribution in [-0.4, -0.2) is 24.7 Å². The lowest BCUT2D eigenvalue weighted by atomic mass is 9.93. The topological polar surface area (TPSA) is 70.7 Å². The Bertz CT molecular complexity index is 535. The lowest BCUT2D eigenvalue weighted by Crippen LogP contribution is -2.32. The third-order valence-electron chi connectivity index (χ3n) is 3.69. The minimum atomic E-state index is -0.0333. The molecule has 1 aliphatic heterocycles. The Morgan fingerprint density at radius 2 is 2.10 bits per heavy atom. The van der Waals surface area contributed by atoms with E-state index in [1.54, 1.807) is 0 Å². The van der Waals surface area contributed by atoms with Crippen LogP contribution in [0.3, 0.4) is 0 Å². The highest BCUT2D eigenvalue weighted by Gasteiger charge is 2.22. The van der Waals surface area contributed by atoms with E-state index in [9.17, 15) is 4.79 Å². The summed E-state index contributed by atoms with van der Waals surface area (Å²) in [7, 11) is 0. The lowest BCUT2D eigenvalue weighted by Gasteiger charge is -2.24. The molecule has 0 saturated carbocycles. The second kappa shape index (κ2) is 5.94. The van der Waals surface area contributed by atoms with Crippen molar-refractivity contribution in [2.24, 2.45) is 11.0 Å². The molecule has 1 aromatic carbocycles. The molecule has 1 aliphatic rings. The molecule has 1 amide bonds. The van der Waals surface area contributed by atoms with Gasteiger partial charge in [-0.1, -0.05) is 13.0 Å². The molecule has 0 fully saturated rings. The van der Waals surface area contributed by atoms with Crippen LogP contribution in [0.25, 0.3) is 0 Å². The number of hydrogen-bond donors (Lipinski definition) is 2. The molecule has 3 N–H and O–H groups in total. The Hall–Kier alpha value is -2.04. The highest BCUT2D eigenvalue weighted by molar-refractivity contribution is 6.06. The number of nitrogens with two attached hydrogens (primary N) is 1. The number of carbonyl (C=O) groups excluding carboxylic acids is 1. The van der Waals surface area contributed by atoms with Gasteiger partial charge in [0, 0.05) is 31.0 Å². The van der Waals surface area contributed by atoms with Crippen LogP contribution in [-0.2, 0) is 4.79 Å². The van der Waals surface area contributed by atoms with Gasteiger partial charge in [0.25, 0.3) is 0 Å². The first-order valence-corrected chi connectivity index (χ1v) is 7.08. The molecule has 2 rings (SSSR count). The summed E-state index contributed by atoms with van der Waals surface area (Å²) in [5.74, 6) is 0.0800. The fourth-order valence-electron chi connectivity index (χ4n) is 2.57. The summed E-state index contributed by atoms with van der Waals surface area (Å²) in [5.41, 5.74) is 12.4. The molecule has 5 heteroatoms. The van der Waals surface area contributed by atoms with Crippen LogP contribution in [0.1, 0.15) is 32.8 Å². The summed E-state index contributed by atoms with van der Waals surface area (Å²) in [6.07, 6.45) is 0.469. The zero-order valence-corrected chi connectivity index (χ0v) is 12.3. The number of amides is 1. The summed E-state index contributed by atoms with van der Waals surface area (Å²) in [5, 5.41) is 4.17. The van der Waals surface area contributed by atoms with Gasteiger partial charge in [-0.2, -0.15) is 5.10 Å². The normalized spacial score (nSPS) is 18.4. The van der Waals surface area contributed by atoms with E-state index in [2.05, 4.69) is 29.3 Å². The van der Waals surface area contributed by atoms with Crippen LogP contribution in [0, 0.1) is 5.92 Å². The van der Waals surface area contributed by atoms with Crippen molar-refractivity contribution in [1.82, 2.24) is 5.43 Å². The van der Waals surface area contributed by atoms with E-state index in [1.165, 1.54) is 0 Å². The van der Waals surface area contributed by atoms with E-state index in [1.807, 2.05) is 25.1 Å². The maximum Gasteiger partial charge on any atom is 0.240 e. The first-order valence-electron chi connectivity index (χ1n) is 7.08. The fourth-order valence-corrected chi connectivity index (χ4v) is 2.57. The number of anilines is 2. The van der Waals surface area contributed by atoms with Gasteiger partial charge in [0.2, 0.25) is 5.91 Å². The Morgan fingerprint density at radius 3 is 2.65 bits per heavy atom. The number of nitrogen functional groups attached to an aromatic ring is 1. The van der Waals surface area contributed by atoms with E-state index in [0.29, 0.717) is 6.42 Å². The van der Waals surface area contributed by atoms with Gasteiger partial charge in [-0.15, -0.1) is 0 Å². The Morgan fingerprint density at radius 1 is 1.40 bits per heavy atom. The lowest BCUT2D eigenvalue weighted by molar-refractivity contribution is -0.121. The van der Waals surface area contributed by atoms with Gasteiger partial charge >= 0.3 is 0 Å². The Labute approximate surface area is 119 Å². The van der Waals surface area contributed by atoms with Crippen molar-refractivity contribution in [2.75, 3.05) is 23.7 Å². The minimum Gasteiger partial charge on any atom is -0.397 e. The van der Waals surface area contributed by atoms with Crippen LogP contribution in [0.5, 0.6) is 0 Å². The average molecular weight is 274 g/mol. The number of hydrogen-bond acceptors (Lipinski definition) is 4. The van der Waals surface area contributed by atoms with Gasteiger partial charge in [0.1, 0.15) is 0 Å². The van der Waals surface area contributed by atoms with Gasteiger partial charge in [-0.05, 0) is 26.0 Å². The van der Waals surface area contributed by atoms with E-state index in [4.69, 9.17) is 5.73 Å². The highest BCUT2D eigenvalue weighted by Crippen LogP contribution is 2.26. The second-order valence-corrected chi connectivity index (χ2v) is 5.08. The number of nitrogens with one attached hydrogen (secondary N) is 1. The molecule has 1 aromatic rings. The van der Waals surface area contributed by atoms with Crippen molar-refractivity contribution < 1.29 is 4.79 Å². The standard InChI is InChI=1S/C15H22N4O/c1-4-19(5-2)13-7-6-11(9-12(13)16)15-10(3)8-14(20)17-18-15/h6-7,9-10H,4-5,8,16H2,1-3H3,(H,17,20). The molecule has 5 nitrogen and oxygen atoms in total. The molecule has 1 heterocycles. The summed E-state index contributed by atoms with van der Waals surface area (Å²) in [4.78, 5) is 13.5. The third kappa shape index (κ3) is 2.76. The number of rotatable bonds is 4. The minimum absolute atomic E-state index is 0.0333. The molecular formula is C15H22N4O. The molecule has 20 heavy (non-hydrogen) atoms. The van der Waals surface area contributed by atoms with Crippen LogP contribution in [0.2, 0.25) is 0 Å². The maximum absolute atomic E-state index is 11.3. The first-order chi connectivity index (χ1) is 9.56. The zero-order chi connectivity index (χ0) is 14.7. The van der Waals surface area contributed by atoms with Crippen LogP contribution in [0.15, 0.2) is 23.3 Å². The van der Waals surface area contributed by atoms with E-state index < -0.39 is 0 Å². The van der Waals surface area contributed by atoms with E-state index >= 15 is 0 Å². The van der Waals surface area contributed by atoms with Gasteiger partial charge in [0.15, 0.2) is 0 Å². The van der Waals surface area contributed by atoms with E-state index in [-0.39, 0.29) is 11.8 Å². The number of nitrogens with zero attached hydrogens (tertiary/aromatic N) is 2. The van der Waals surface area contributed by atoms with Crippen LogP contribution in [0.4, 0.5) is 11.4 Å². The van der Waals surface area contributed by atoms with Gasteiger partial charge in [-0.3, -0.25) is 4.79 Å². The van der Waals surface area contributed by atoms with Gasteiger partial charge in [0.05, 0.1) is 17.1 Å². The SMILES string of the molecule is CCN(CC)c1ccc(C2=NNC(=O)CC2C)cc1N. The molecule has 0 radical (unpaired) electrons.